The van der Waals surface area contributed by atoms with Gasteiger partial charge in [-0.15, -0.1) is 0 Å². The summed E-state index contributed by atoms with van der Waals surface area (Å²) in [6, 6.07) is 27.2. The van der Waals surface area contributed by atoms with Crippen LogP contribution in [0.4, 0.5) is 7.77 Å². The molecule has 12 heteroatoms. The van der Waals surface area contributed by atoms with Gasteiger partial charge in [0.25, 0.3) is 6.29 Å². The van der Waals surface area contributed by atoms with Gasteiger partial charge in [0.15, 0.2) is 0 Å². The Morgan fingerprint density at radius 3 is 1.27 bits per heavy atom. The second-order valence-corrected chi connectivity index (χ2v) is 9.36. The summed E-state index contributed by atoms with van der Waals surface area (Å²) in [5.74, 6) is -0.0238. The lowest BCUT2D eigenvalue weighted by molar-refractivity contribution is 0.00376. The number of ether oxygens (including phenoxy) is 2. The minimum atomic E-state index is -5.18. The highest BCUT2D eigenvalue weighted by atomic mass is 32.3. The van der Waals surface area contributed by atoms with Gasteiger partial charge in [-0.1, -0.05) is 62.4 Å². The Labute approximate surface area is 212 Å². The standard InChI is InChI=1S/C25H18F2O8S2/c26-36(28,29)34-23-14-10-21(11-15-23)32-25(33-22-12-16-24(17-13-22)35-37(27,30)31)20-8-6-19(7-9-20)18-4-2-1-3-5-18/h1-17,25H. The van der Waals surface area contributed by atoms with Gasteiger partial charge in [-0.25, -0.2) is 0 Å². The van der Waals surface area contributed by atoms with Crippen LogP contribution in [0, 0.1) is 0 Å². The molecule has 8 nitrogen and oxygen atoms in total. The van der Waals surface area contributed by atoms with Gasteiger partial charge < -0.3 is 17.8 Å². The van der Waals surface area contributed by atoms with Gasteiger partial charge in [-0.3, -0.25) is 0 Å². The molecule has 37 heavy (non-hydrogen) atoms. The van der Waals surface area contributed by atoms with Crippen molar-refractivity contribution in [1.82, 2.24) is 0 Å². The Morgan fingerprint density at radius 2 is 0.865 bits per heavy atom. The Kier molecular flexibility index (Phi) is 7.60. The third-order valence-electron chi connectivity index (χ3n) is 4.82. The summed E-state index contributed by atoms with van der Waals surface area (Å²) in [6.07, 6.45) is -1.03. The fourth-order valence-electron chi connectivity index (χ4n) is 3.25. The Morgan fingerprint density at radius 1 is 0.486 bits per heavy atom. The largest absolute Gasteiger partial charge is 0.488 e. The first-order chi connectivity index (χ1) is 17.5. The van der Waals surface area contributed by atoms with E-state index in [-0.39, 0.29) is 23.0 Å². The van der Waals surface area contributed by atoms with E-state index in [1.54, 1.807) is 12.1 Å². The lowest BCUT2D eigenvalue weighted by atomic mass is 10.0. The van der Waals surface area contributed by atoms with Crippen molar-refractivity contribution >= 4 is 21.0 Å². The first-order valence-corrected chi connectivity index (χ1v) is 13.1. The third-order valence-corrected chi connectivity index (χ3v) is 5.60. The molecule has 0 aliphatic carbocycles. The lowest BCUT2D eigenvalue weighted by Gasteiger charge is -2.21. The van der Waals surface area contributed by atoms with E-state index in [1.165, 1.54) is 48.5 Å². The molecule has 192 valence electrons. The average Bonchev–Trinajstić information content (AvgIpc) is 2.85. The van der Waals surface area contributed by atoms with Crippen LogP contribution in [-0.2, 0) is 21.0 Å². The maximum Gasteiger partial charge on any atom is 0.488 e. The quantitative estimate of drug-likeness (QED) is 0.184. The molecular weight excluding hydrogens is 530 g/mol. The van der Waals surface area contributed by atoms with Gasteiger partial charge in [0.1, 0.15) is 23.0 Å². The third kappa shape index (κ3) is 7.92. The van der Waals surface area contributed by atoms with E-state index in [0.29, 0.717) is 5.56 Å². The first-order valence-electron chi connectivity index (χ1n) is 10.5. The minimum absolute atomic E-state index is 0.240. The van der Waals surface area contributed by atoms with E-state index in [1.807, 2.05) is 42.5 Å². The average molecular weight is 549 g/mol. The van der Waals surface area contributed by atoms with Crippen molar-refractivity contribution in [2.24, 2.45) is 0 Å². The highest BCUT2D eigenvalue weighted by Gasteiger charge is 2.18. The van der Waals surface area contributed by atoms with Crippen molar-refractivity contribution in [2.45, 2.75) is 6.29 Å². The molecule has 0 fully saturated rings. The molecule has 0 spiro atoms. The summed E-state index contributed by atoms with van der Waals surface area (Å²) < 4.78 is 88.5. The molecule has 0 aliphatic rings. The molecule has 4 aromatic carbocycles. The van der Waals surface area contributed by atoms with Crippen LogP contribution in [-0.4, -0.2) is 16.8 Å². The SMILES string of the molecule is O=S(=O)(F)Oc1ccc(OC(Oc2ccc(OS(=O)(=O)F)cc2)c2ccc(-c3ccccc3)cc2)cc1. The van der Waals surface area contributed by atoms with E-state index in [2.05, 4.69) is 8.37 Å². The first kappa shape index (κ1) is 25.9. The fraction of sp³-hybridized carbons (Fsp3) is 0.0400. The van der Waals surface area contributed by atoms with Gasteiger partial charge >= 0.3 is 21.0 Å². The highest BCUT2D eigenvalue weighted by Crippen LogP contribution is 2.30. The van der Waals surface area contributed by atoms with E-state index >= 15 is 0 Å². The van der Waals surface area contributed by atoms with Crippen molar-refractivity contribution < 1.29 is 42.4 Å². The topological polar surface area (TPSA) is 105 Å². The van der Waals surface area contributed by atoms with Crippen LogP contribution >= 0.6 is 0 Å². The number of halogens is 2. The van der Waals surface area contributed by atoms with Gasteiger partial charge in [0.05, 0.1) is 0 Å². The molecule has 0 amide bonds. The molecule has 0 aliphatic heterocycles. The van der Waals surface area contributed by atoms with Gasteiger partial charge in [0.2, 0.25) is 0 Å². The monoisotopic (exact) mass is 548 g/mol. The molecule has 0 N–H and O–H groups in total. The molecule has 4 rings (SSSR count). The van der Waals surface area contributed by atoms with Crippen LogP contribution in [0.1, 0.15) is 11.9 Å². The summed E-state index contributed by atoms with van der Waals surface area (Å²) in [5.41, 5.74) is 2.55. The second-order valence-electron chi connectivity index (χ2n) is 7.45. The van der Waals surface area contributed by atoms with Gasteiger partial charge in [-0.05, 0) is 59.7 Å². The predicted octanol–water partition coefficient (Wildman–Crippen LogP) is 5.70. The van der Waals surface area contributed by atoms with Crippen molar-refractivity contribution in [2.75, 3.05) is 0 Å². The summed E-state index contributed by atoms with van der Waals surface area (Å²) in [5, 5.41) is 0. The zero-order valence-electron chi connectivity index (χ0n) is 18.7. The Hall–Kier alpha value is -4.16. The minimum Gasteiger partial charge on any atom is -0.451 e. The fourth-order valence-corrected chi connectivity index (χ4v) is 3.93. The van der Waals surface area contributed by atoms with Gasteiger partial charge in [-0.2, -0.15) is 16.8 Å². The molecule has 0 saturated heterocycles. The maximum atomic E-state index is 12.8. The predicted molar refractivity (Wildman–Crippen MR) is 130 cm³/mol. The van der Waals surface area contributed by atoms with Crippen LogP contribution in [0.25, 0.3) is 11.1 Å². The number of hydrogen-bond acceptors (Lipinski definition) is 8. The molecule has 0 bridgehead atoms. The van der Waals surface area contributed by atoms with E-state index in [9.17, 15) is 24.6 Å². The van der Waals surface area contributed by atoms with Crippen LogP contribution in [0.15, 0.2) is 103 Å². The van der Waals surface area contributed by atoms with Gasteiger partial charge in [0, 0.05) is 5.56 Å². The molecule has 0 heterocycles. The van der Waals surface area contributed by atoms with E-state index < -0.39 is 27.3 Å². The summed E-state index contributed by atoms with van der Waals surface area (Å²) >= 11 is 0. The number of rotatable bonds is 10. The normalized spacial score (nSPS) is 11.6. The van der Waals surface area contributed by atoms with Crippen LogP contribution in [0.5, 0.6) is 23.0 Å². The van der Waals surface area contributed by atoms with E-state index in [0.717, 1.165) is 11.1 Å². The second kappa shape index (κ2) is 10.8. The van der Waals surface area contributed by atoms with Crippen molar-refractivity contribution in [1.29, 1.82) is 0 Å². The molecule has 0 unspecified atom stereocenters. The van der Waals surface area contributed by atoms with Crippen LogP contribution < -0.4 is 17.8 Å². The highest BCUT2D eigenvalue weighted by molar-refractivity contribution is 7.82. The molecule has 0 saturated carbocycles. The van der Waals surface area contributed by atoms with Crippen LogP contribution in [0.2, 0.25) is 0 Å². The van der Waals surface area contributed by atoms with Crippen LogP contribution in [0.3, 0.4) is 0 Å². The molecule has 4 aromatic rings. The van der Waals surface area contributed by atoms with Crippen molar-refractivity contribution in [3.05, 3.63) is 109 Å². The van der Waals surface area contributed by atoms with Crippen molar-refractivity contribution in [3.63, 3.8) is 0 Å². The molecular formula is C25H18F2O8S2. The zero-order valence-corrected chi connectivity index (χ0v) is 20.4. The number of hydrogen-bond donors (Lipinski definition) is 0. The lowest BCUT2D eigenvalue weighted by Crippen LogP contribution is -2.15. The summed E-state index contributed by atoms with van der Waals surface area (Å²) in [6.45, 7) is 0. The summed E-state index contributed by atoms with van der Waals surface area (Å²) in [7, 11) is -10.4. The maximum absolute atomic E-state index is 12.8. The Bertz CT molecular complexity index is 1460. The number of benzene rings is 4. The smallest absolute Gasteiger partial charge is 0.451 e. The molecule has 0 radical (unpaired) electrons. The molecule has 0 aromatic heterocycles. The van der Waals surface area contributed by atoms with Crippen molar-refractivity contribution in [3.8, 4) is 34.1 Å². The summed E-state index contributed by atoms with van der Waals surface area (Å²) in [4.78, 5) is 0. The zero-order chi connectivity index (χ0) is 26.5. The van der Waals surface area contributed by atoms with E-state index in [4.69, 9.17) is 9.47 Å². The Balaban J connectivity index is 1.58. The molecule has 0 atom stereocenters.